The van der Waals surface area contributed by atoms with Gasteiger partial charge in [-0.3, -0.25) is 9.69 Å². The van der Waals surface area contributed by atoms with E-state index in [1.54, 1.807) is 0 Å². The molecule has 2 heterocycles. The van der Waals surface area contributed by atoms with Crippen molar-refractivity contribution >= 4 is 5.91 Å². The average molecular weight is 154 g/mol. The van der Waals surface area contributed by atoms with Crippen LogP contribution in [0.5, 0.6) is 0 Å². The van der Waals surface area contributed by atoms with Crippen LogP contribution in [0.2, 0.25) is 0 Å². The molecule has 11 heavy (non-hydrogen) atoms. The summed E-state index contributed by atoms with van der Waals surface area (Å²) in [5.74, 6) is 0.209. The number of amides is 1. The number of hydrogen-bond acceptors (Lipinski definition) is 2. The summed E-state index contributed by atoms with van der Waals surface area (Å²) in [5, 5.41) is 3.02. The summed E-state index contributed by atoms with van der Waals surface area (Å²) in [6.07, 6.45) is 2.39. The first kappa shape index (κ1) is 7.10. The van der Waals surface area contributed by atoms with Gasteiger partial charge in [0, 0.05) is 12.6 Å². The monoisotopic (exact) mass is 154 g/mol. The summed E-state index contributed by atoms with van der Waals surface area (Å²) in [6, 6.07) is 0.541. The Bertz CT molecular complexity index is 181. The maximum absolute atomic E-state index is 11.3. The fourth-order valence-electron chi connectivity index (χ4n) is 1.96. The molecule has 2 aliphatic rings. The van der Waals surface area contributed by atoms with Crippen LogP contribution in [0.4, 0.5) is 0 Å². The minimum Gasteiger partial charge on any atom is -0.351 e. The van der Waals surface area contributed by atoms with Gasteiger partial charge in [0.2, 0.25) is 5.91 Å². The molecule has 0 aromatic rings. The second-order valence-electron chi connectivity index (χ2n) is 3.52. The minimum absolute atomic E-state index is 0.103. The Balaban J connectivity index is 2.11. The van der Waals surface area contributed by atoms with E-state index in [4.69, 9.17) is 0 Å². The molecule has 2 bridgehead atoms. The zero-order chi connectivity index (χ0) is 7.84. The fraction of sp³-hybridized carbons (Fsp3) is 0.875. The van der Waals surface area contributed by atoms with Crippen molar-refractivity contribution < 1.29 is 4.79 Å². The minimum atomic E-state index is 0.103. The average Bonchev–Trinajstić information content (AvgIpc) is 2.01. The van der Waals surface area contributed by atoms with Crippen molar-refractivity contribution in [1.29, 1.82) is 0 Å². The lowest BCUT2D eigenvalue weighted by atomic mass is 10.00. The van der Waals surface area contributed by atoms with Gasteiger partial charge in [-0.2, -0.15) is 0 Å². The normalized spacial score (nSPS) is 43.4. The van der Waals surface area contributed by atoms with Gasteiger partial charge in [0.05, 0.1) is 6.04 Å². The highest BCUT2D eigenvalue weighted by atomic mass is 16.2. The quantitative estimate of drug-likeness (QED) is 0.531. The highest BCUT2D eigenvalue weighted by Crippen LogP contribution is 2.17. The third-order valence-corrected chi connectivity index (χ3v) is 2.73. The van der Waals surface area contributed by atoms with Crippen LogP contribution < -0.4 is 5.32 Å². The standard InChI is InChI=1S/C8H14N2O/c1-6-8(11)9-7-3-2-4-10(6)5-7/h6-7H,2-5H2,1H3,(H,9,11). The van der Waals surface area contributed by atoms with E-state index >= 15 is 0 Å². The largest absolute Gasteiger partial charge is 0.351 e. The number of carbonyl (C=O) groups is 1. The zero-order valence-corrected chi connectivity index (χ0v) is 6.84. The Kier molecular flexibility index (Phi) is 1.60. The second-order valence-corrected chi connectivity index (χ2v) is 3.52. The molecule has 3 unspecified atom stereocenters. The fourth-order valence-corrected chi connectivity index (χ4v) is 1.96. The van der Waals surface area contributed by atoms with E-state index in [-0.39, 0.29) is 11.9 Å². The van der Waals surface area contributed by atoms with E-state index in [0.717, 1.165) is 19.5 Å². The highest BCUT2D eigenvalue weighted by molar-refractivity contribution is 5.82. The number of rotatable bonds is 0. The molecule has 2 fully saturated rings. The smallest absolute Gasteiger partial charge is 0.237 e. The van der Waals surface area contributed by atoms with E-state index in [1.807, 2.05) is 6.92 Å². The van der Waals surface area contributed by atoms with Crippen LogP contribution in [0.3, 0.4) is 0 Å². The molecule has 2 rings (SSSR count). The lowest BCUT2D eigenvalue weighted by Crippen LogP contribution is -2.61. The van der Waals surface area contributed by atoms with Crippen LogP contribution in [-0.4, -0.2) is 36.0 Å². The maximum atomic E-state index is 11.3. The van der Waals surface area contributed by atoms with Gasteiger partial charge in [-0.1, -0.05) is 0 Å². The molecule has 0 saturated carbocycles. The number of fused-ring (bicyclic) bond motifs is 2. The summed E-state index contributed by atoms with van der Waals surface area (Å²) in [7, 11) is 0. The maximum Gasteiger partial charge on any atom is 0.237 e. The van der Waals surface area contributed by atoms with Gasteiger partial charge < -0.3 is 5.32 Å². The highest BCUT2D eigenvalue weighted by Gasteiger charge is 2.33. The Morgan fingerprint density at radius 2 is 2.45 bits per heavy atom. The Morgan fingerprint density at radius 1 is 1.64 bits per heavy atom. The molecule has 3 nitrogen and oxygen atoms in total. The molecule has 1 amide bonds. The lowest BCUT2D eigenvalue weighted by Gasteiger charge is -2.41. The van der Waals surface area contributed by atoms with Crippen molar-refractivity contribution in [2.75, 3.05) is 13.1 Å². The number of nitrogens with zero attached hydrogens (tertiary/aromatic N) is 1. The van der Waals surface area contributed by atoms with Gasteiger partial charge in [-0.05, 0) is 26.3 Å². The van der Waals surface area contributed by atoms with Gasteiger partial charge in [-0.15, -0.1) is 0 Å². The SMILES string of the molecule is CC1C(=O)NC2CCCN1C2. The molecular weight excluding hydrogens is 140 g/mol. The third-order valence-electron chi connectivity index (χ3n) is 2.73. The molecule has 3 atom stereocenters. The zero-order valence-electron chi connectivity index (χ0n) is 6.84. The summed E-state index contributed by atoms with van der Waals surface area (Å²) in [6.45, 7) is 4.15. The summed E-state index contributed by atoms with van der Waals surface area (Å²) >= 11 is 0. The molecule has 3 heteroatoms. The Labute approximate surface area is 66.8 Å². The third kappa shape index (κ3) is 1.13. The second kappa shape index (κ2) is 2.48. The molecule has 0 radical (unpaired) electrons. The lowest BCUT2D eigenvalue weighted by molar-refractivity contribution is -0.131. The van der Waals surface area contributed by atoms with E-state index in [9.17, 15) is 4.79 Å². The van der Waals surface area contributed by atoms with Gasteiger partial charge in [0.25, 0.3) is 0 Å². The van der Waals surface area contributed by atoms with E-state index in [1.165, 1.54) is 6.42 Å². The van der Waals surface area contributed by atoms with Gasteiger partial charge in [-0.25, -0.2) is 0 Å². The van der Waals surface area contributed by atoms with Crippen molar-refractivity contribution in [3.8, 4) is 0 Å². The van der Waals surface area contributed by atoms with Crippen LogP contribution in [0.25, 0.3) is 0 Å². The van der Waals surface area contributed by atoms with Crippen molar-refractivity contribution in [2.24, 2.45) is 0 Å². The first-order valence-electron chi connectivity index (χ1n) is 4.32. The predicted octanol–water partition coefficient (Wildman–Crippen LogP) is -0.0309. The molecule has 0 aromatic heterocycles. The molecular formula is C8H14N2O. The molecule has 62 valence electrons. The van der Waals surface area contributed by atoms with Crippen LogP contribution in [-0.2, 0) is 4.79 Å². The van der Waals surface area contributed by atoms with E-state index in [0.29, 0.717) is 6.04 Å². The van der Waals surface area contributed by atoms with Gasteiger partial charge in [0.15, 0.2) is 0 Å². The number of piperazine rings is 1. The first-order valence-corrected chi connectivity index (χ1v) is 4.32. The van der Waals surface area contributed by atoms with Crippen molar-refractivity contribution in [3.63, 3.8) is 0 Å². The Hall–Kier alpha value is -0.570. The number of carbonyl (C=O) groups excluding carboxylic acids is 1. The predicted molar refractivity (Wildman–Crippen MR) is 42.2 cm³/mol. The number of hydrogen-bond donors (Lipinski definition) is 1. The van der Waals surface area contributed by atoms with Crippen LogP contribution in [0.15, 0.2) is 0 Å². The van der Waals surface area contributed by atoms with E-state index in [2.05, 4.69) is 10.2 Å². The summed E-state index contributed by atoms with van der Waals surface area (Å²) in [4.78, 5) is 13.5. The Morgan fingerprint density at radius 3 is 3.27 bits per heavy atom. The number of nitrogens with one attached hydrogen (secondary N) is 1. The molecule has 2 saturated heterocycles. The van der Waals surface area contributed by atoms with Crippen LogP contribution in [0, 0.1) is 0 Å². The van der Waals surface area contributed by atoms with Crippen LogP contribution in [0.1, 0.15) is 19.8 Å². The van der Waals surface area contributed by atoms with Crippen LogP contribution >= 0.6 is 0 Å². The summed E-state index contributed by atoms with van der Waals surface area (Å²) < 4.78 is 0. The molecule has 0 aliphatic carbocycles. The number of piperidine rings is 1. The molecule has 1 N–H and O–H groups in total. The van der Waals surface area contributed by atoms with Crippen molar-refractivity contribution in [2.45, 2.75) is 31.8 Å². The van der Waals surface area contributed by atoms with Gasteiger partial charge >= 0.3 is 0 Å². The summed E-state index contributed by atoms with van der Waals surface area (Å²) in [5.41, 5.74) is 0. The van der Waals surface area contributed by atoms with Gasteiger partial charge in [0.1, 0.15) is 0 Å². The molecule has 2 aliphatic heterocycles. The van der Waals surface area contributed by atoms with Crippen molar-refractivity contribution in [1.82, 2.24) is 10.2 Å². The topological polar surface area (TPSA) is 32.3 Å². The molecule has 0 spiro atoms. The molecule has 0 aromatic carbocycles. The first-order chi connectivity index (χ1) is 5.27. The van der Waals surface area contributed by atoms with Crippen molar-refractivity contribution in [3.05, 3.63) is 0 Å². The van der Waals surface area contributed by atoms with E-state index < -0.39 is 0 Å².